The van der Waals surface area contributed by atoms with E-state index in [2.05, 4.69) is 15.4 Å². The molecule has 0 saturated carbocycles. The summed E-state index contributed by atoms with van der Waals surface area (Å²) in [7, 11) is 1.27. The average molecular weight is 259 g/mol. The summed E-state index contributed by atoms with van der Waals surface area (Å²) in [4.78, 5) is 10.9. The Kier molecular flexibility index (Phi) is 4.52. The van der Waals surface area contributed by atoms with Gasteiger partial charge >= 0.3 is 6.09 Å². The monoisotopic (exact) mass is 258 g/mol. The molecule has 1 amide bonds. The van der Waals surface area contributed by atoms with Crippen molar-refractivity contribution in [1.29, 1.82) is 0 Å². The fourth-order valence-corrected chi connectivity index (χ4v) is 1.39. The number of ether oxygens (including phenoxy) is 1. The van der Waals surface area contributed by atoms with Gasteiger partial charge in [-0.3, -0.25) is 5.32 Å². The highest BCUT2D eigenvalue weighted by atomic mass is 35.5. The van der Waals surface area contributed by atoms with E-state index in [1.807, 2.05) is 13.0 Å². The Bertz CT molecular complexity index is 423. The molecule has 1 aromatic rings. The average Bonchev–Trinajstić information content (AvgIpc) is 2.23. The van der Waals surface area contributed by atoms with Gasteiger partial charge in [-0.1, -0.05) is 17.7 Å². The van der Waals surface area contributed by atoms with Gasteiger partial charge in [0.05, 0.1) is 7.11 Å². The molecule has 16 heavy (non-hydrogen) atoms. The largest absolute Gasteiger partial charge is 0.453 e. The van der Waals surface area contributed by atoms with E-state index in [9.17, 15) is 4.79 Å². The minimum absolute atomic E-state index is 0.164. The molecule has 0 atom stereocenters. The van der Waals surface area contributed by atoms with E-state index in [4.69, 9.17) is 23.8 Å². The number of carbonyl (C=O) groups excluding carboxylic acids is 1. The summed E-state index contributed by atoms with van der Waals surface area (Å²) in [5.74, 6) is 0. The van der Waals surface area contributed by atoms with E-state index < -0.39 is 6.09 Å². The molecule has 6 heteroatoms. The number of hydrogen-bond donors (Lipinski definition) is 2. The van der Waals surface area contributed by atoms with Crippen LogP contribution in [0.5, 0.6) is 0 Å². The van der Waals surface area contributed by atoms with Crippen molar-refractivity contribution in [2.75, 3.05) is 12.4 Å². The first-order chi connectivity index (χ1) is 7.52. The molecule has 86 valence electrons. The lowest BCUT2D eigenvalue weighted by Gasteiger charge is -2.11. The van der Waals surface area contributed by atoms with Gasteiger partial charge in [0.1, 0.15) is 0 Å². The zero-order valence-corrected chi connectivity index (χ0v) is 10.4. The first-order valence-electron chi connectivity index (χ1n) is 4.45. The second-order valence-electron chi connectivity index (χ2n) is 3.03. The Hall–Kier alpha value is -1.33. The van der Waals surface area contributed by atoms with Crippen LogP contribution in [0, 0.1) is 6.92 Å². The second-order valence-corrected chi connectivity index (χ2v) is 3.87. The number of rotatable bonds is 1. The van der Waals surface area contributed by atoms with Crippen molar-refractivity contribution in [2.24, 2.45) is 0 Å². The molecule has 0 heterocycles. The third-order valence-electron chi connectivity index (χ3n) is 1.85. The smallest absolute Gasteiger partial charge is 0.413 e. The van der Waals surface area contributed by atoms with Crippen molar-refractivity contribution in [3.05, 3.63) is 28.8 Å². The molecule has 0 aliphatic rings. The van der Waals surface area contributed by atoms with Gasteiger partial charge in [0.15, 0.2) is 5.11 Å². The molecule has 0 aliphatic heterocycles. The molecule has 0 aromatic heterocycles. The summed E-state index contributed by atoms with van der Waals surface area (Å²) in [6.45, 7) is 1.90. The molecule has 0 aliphatic carbocycles. The van der Waals surface area contributed by atoms with E-state index in [-0.39, 0.29) is 5.11 Å². The van der Waals surface area contributed by atoms with Gasteiger partial charge in [0, 0.05) is 10.7 Å². The topological polar surface area (TPSA) is 50.4 Å². The van der Waals surface area contributed by atoms with Crippen LogP contribution < -0.4 is 10.6 Å². The number of halogens is 1. The summed E-state index contributed by atoms with van der Waals surface area (Å²) in [5, 5.41) is 5.95. The molecule has 0 unspecified atom stereocenters. The van der Waals surface area contributed by atoms with Crippen molar-refractivity contribution < 1.29 is 9.53 Å². The fourth-order valence-electron chi connectivity index (χ4n) is 1.03. The van der Waals surface area contributed by atoms with Crippen LogP contribution in [-0.2, 0) is 4.74 Å². The number of thiocarbonyl (C=S) groups is 1. The molecule has 4 nitrogen and oxygen atoms in total. The van der Waals surface area contributed by atoms with Gasteiger partial charge in [-0.05, 0) is 36.8 Å². The van der Waals surface area contributed by atoms with Gasteiger partial charge in [-0.25, -0.2) is 4.79 Å². The minimum Gasteiger partial charge on any atom is -0.453 e. The summed E-state index contributed by atoms with van der Waals surface area (Å²) in [6.07, 6.45) is -0.614. The maximum Gasteiger partial charge on any atom is 0.413 e. The molecule has 1 aromatic carbocycles. The predicted molar refractivity (Wildman–Crippen MR) is 68.0 cm³/mol. The molecule has 0 bridgehead atoms. The van der Waals surface area contributed by atoms with Crippen LogP contribution in [0.2, 0.25) is 5.02 Å². The molecule has 0 radical (unpaired) electrons. The number of carbonyl (C=O) groups is 1. The molecule has 2 N–H and O–H groups in total. The van der Waals surface area contributed by atoms with Crippen LogP contribution in [0.3, 0.4) is 0 Å². The minimum atomic E-state index is -0.614. The quantitative estimate of drug-likeness (QED) is 0.761. The lowest BCUT2D eigenvalue weighted by Crippen LogP contribution is -2.34. The van der Waals surface area contributed by atoms with Crippen molar-refractivity contribution in [3.8, 4) is 0 Å². The Morgan fingerprint density at radius 3 is 2.81 bits per heavy atom. The third kappa shape index (κ3) is 3.67. The molecular formula is C10H11ClN2O2S. The number of anilines is 1. The van der Waals surface area contributed by atoms with Crippen molar-refractivity contribution in [1.82, 2.24) is 5.32 Å². The molecule has 1 rings (SSSR count). The van der Waals surface area contributed by atoms with Crippen LogP contribution in [-0.4, -0.2) is 18.3 Å². The molecular weight excluding hydrogens is 248 g/mol. The number of nitrogens with one attached hydrogen (secondary N) is 2. The van der Waals surface area contributed by atoms with Crippen LogP contribution in [0.25, 0.3) is 0 Å². The second kappa shape index (κ2) is 5.67. The number of hydrogen-bond acceptors (Lipinski definition) is 3. The number of methoxy groups -OCH3 is 1. The van der Waals surface area contributed by atoms with E-state index in [0.29, 0.717) is 5.02 Å². The first-order valence-corrected chi connectivity index (χ1v) is 5.23. The SMILES string of the molecule is COC(=O)NC(=S)Nc1cc(Cl)ccc1C. The van der Waals surface area contributed by atoms with Crippen LogP contribution in [0.1, 0.15) is 5.56 Å². The highest BCUT2D eigenvalue weighted by molar-refractivity contribution is 7.80. The summed E-state index contributed by atoms with van der Waals surface area (Å²) >= 11 is 10.8. The van der Waals surface area contributed by atoms with Gasteiger partial charge < -0.3 is 10.1 Å². The van der Waals surface area contributed by atoms with Crippen molar-refractivity contribution in [2.45, 2.75) is 6.92 Å². The number of amides is 1. The first kappa shape index (κ1) is 12.7. The number of aryl methyl sites for hydroxylation is 1. The number of benzene rings is 1. The highest BCUT2D eigenvalue weighted by Gasteiger charge is 2.05. The summed E-state index contributed by atoms with van der Waals surface area (Å²) in [5.41, 5.74) is 1.72. The standard InChI is InChI=1S/C10H11ClN2O2S/c1-6-3-4-7(11)5-8(6)12-9(16)13-10(14)15-2/h3-5H,1-2H3,(H2,12,13,14,16). The van der Waals surface area contributed by atoms with Gasteiger partial charge in [0.2, 0.25) is 0 Å². The molecule has 0 saturated heterocycles. The van der Waals surface area contributed by atoms with E-state index >= 15 is 0 Å². The third-order valence-corrected chi connectivity index (χ3v) is 2.29. The summed E-state index contributed by atoms with van der Waals surface area (Å²) < 4.78 is 4.41. The predicted octanol–water partition coefficient (Wildman–Crippen LogP) is 2.70. The van der Waals surface area contributed by atoms with Gasteiger partial charge in [-0.15, -0.1) is 0 Å². The highest BCUT2D eigenvalue weighted by Crippen LogP contribution is 2.19. The lowest BCUT2D eigenvalue weighted by atomic mass is 10.2. The summed E-state index contributed by atoms with van der Waals surface area (Å²) in [6, 6.07) is 5.35. The van der Waals surface area contributed by atoms with E-state index in [0.717, 1.165) is 11.3 Å². The normalized spacial score (nSPS) is 9.44. The van der Waals surface area contributed by atoms with Crippen molar-refractivity contribution in [3.63, 3.8) is 0 Å². The van der Waals surface area contributed by atoms with E-state index in [1.54, 1.807) is 12.1 Å². The zero-order valence-electron chi connectivity index (χ0n) is 8.83. The van der Waals surface area contributed by atoms with Gasteiger partial charge in [0.25, 0.3) is 0 Å². The lowest BCUT2D eigenvalue weighted by molar-refractivity contribution is 0.177. The molecule has 0 fully saturated rings. The van der Waals surface area contributed by atoms with Gasteiger partial charge in [-0.2, -0.15) is 0 Å². The zero-order chi connectivity index (χ0) is 12.1. The van der Waals surface area contributed by atoms with Crippen LogP contribution in [0.15, 0.2) is 18.2 Å². The van der Waals surface area contributed by atoms with Crippen LogP contribution >= 0.6 is 23.8 Å². The Labute approximate surface area is 104 Å². The van der Waals surface area contributed by atoms with E-state index in [1.165, 1.54) is 7.11 Å². The number of alkyl carbamates (subject to hydrolysis) is 1. The van der Waals surface area contributed by atoms with Crippen LogP contribution in [0.4, 0.5) is 10.5 Å². The Morgan fingerprint density at radius 2 is 2.19 bits per heavy atom. The maximum absolute atomic E-state index is 10.9. The maximum atomic E-state index is 10.9. The fraction of sp³-hybridized carbons (Fsp3) is 0.200. The Morgan fingerprint density at radius 1 is 1.50 bits per heavy atom. The molecule has 0 spiro atoms. The Balaban J connectivity index is 2.69. The van der Waals surface area contributed by atoms with Crippen molar-refractivity contribution >= 4 is 40.7 Å².